The fourth-order valence-electron chi connectivity index (χ4n) is 2.75. The van der Waals surface area contributed by atoms with Crippen molar-refractivity contribution < 1.29 is 0 Å². The van der Waals surface area contributed by atoms with Crippen LogP contribution >= 0.6 is 0 Å². The number of rotatable bonds is 4. The van der Waals surface area contributed by atoms with Crippen molar-refractivity contribution in [3.05, 3.63) is 62.8 Å². The van der Waals surface area contributed by atoms with E-state index in [1.54, 1.807) is 4.57 Å². The Morgan fingerprint density at radius 2 is 1.71 bits per heavy atom. The summed E-state index contributed by atoms with van der Waals surface area (Å²) in [7, 11) is 1.92. The summed E-state index contributed by atoms with van der Waals surface area (Å²) >= 11 is 0. The Kier molecular flexibility index (Phi) is 4.58. The first-order valence-corrected chi connectivity index (χ1v) is 7.21. The Hall–Kier alpha value is -1.94. The van der Waals surface area contributed by atoms with Crippen LogP contribution in [0.1, 0.15) is 34.1 Å². The molecule has 1 atom stereocenters. The molecule has 0 saturated carbocycles. The van der Waals surface area contributed by atoms with E-state index >= 15 is 0 Å². The predicted octanol–water partition coefficient (Wildman–Crippen LogP) is 2.44. The molecule has 0 bridgehead atoms. The van der Waals surface area contributed by atoms with Crippen molar-refractivity contribution in [3.63, 3.8) is 0 Å². The van der Waals surface area contributed by atoms with E-state index < -0.39 is 0 Å². The SMILES string of the molecule is CNC(Cn1c(C)cc(C)nc1=O)c1cc(C)cc(C)c1. The maximum absolute atomic E-state index is 12.1. The van der Waals surface area contributed by atoms with Gasteiger partial charge in [-0.05, 0) is 46.4 Å². The third-order valence-electron chi connectivity index (χ3n) is 3.71. The smallest absolute Gasteiger partial charge is 0.312 e. The molecule has 1 N–H and O–H groups in total. The second-order valence-corrected chi connectivity index (χ2v) is 5.69. The Morgan fingerprint density at radius 3 is 2.24 bits per heavy atom. The minimum Gasteiger partial charge on any atom is -0.312 e. The van der Waals surface area contributed by atoms with Crippen LogP contribution in [0.2, 0.25) is 0 Å². The molecule has 4 heteroatoms. The Balaban J connectivity index is 2.38. The van der Waals surface area contributed by atoms with Crippen LogP contribution in [-0.2, 0) is 6.54 Å². The molecule has 0 fully saturated rings. The van der Waals surface area contributed by atoms with Crippen molar-refractivity contribution in [2.75, 3.05) is 7.05 Å². The van der Waals surface area contributed by atoms with Crippen molar-refractivity contribution in [1.29, 1.82) is 0 Å². The monoisotopic (exact) mass is 285 g/mol. The molecule has 21 heavy (non-hydrogen) atoms. The molecule has 1 aromatic heterocycles. The summed E-state index contributed by atoms with van der Waals surface area (Å²) in [5, 5.41) is 3.30. The van der Waals surface area contributed by atoms with Gasteiger partial charge in [0.05, 0.1) is 6.04 Å². The molecular formula is C17H23N3O. The van der Waals surface area contributed by atoms with E-state index in [-0.39, 0.29) is 11.7 Å². The molecule has 0 saturated heterocycles. The summed E-state index contributed by atoms with van der Waals surface area (Å²) < 4.78 is 1.73. The first-order valence-electron chi connectivity index (χ1n) is 7.21. The van der Waals surface area contributed by atoms with E-state index in [4.69, 9.17) is 0 Å². The van der Waals surface area contributed by atoms with Crippen molar-refractivity contribution in [2.45, 2.75) is 40.3 Å². The summed E-state index contributed by atoms with van der Waals surface area (Å²) in [6, 6.07) is 8.51. The van der Waals surface area contributed by atoms with Gasteiger partial charge in [-0.25, -0.2) is 4.79 Å². The van der Waals surface area contributed by atoms with Crippen LogP contribution in [0.3, 0.4) is 0 Å². The Bertz CT molecular complexity index is 683. The normalized spacial score (nSPS) is 12.4. The van der Waals surface area contributed by atoms with E-state index in [0.717, 1.165) is 11.4 Å². The number of likely N-dealkylation sites (N-methyl/N-ethyl adjacent to an activating group) is 1. The third-order valence-corrected chi connectivity index (χ3v) is 3.71. The van der Waals surface area contributed by atoms with Crippen LogP contribution in [0.5, 0.6) is 0 Å². The van der Waals surface area contributed by atoms with Crippen molar-refractivity contribution in [2.24, 2.45) is 0 Å². The predicted molar refractivity (Wildman–Crippen MR) is 85.7 cm³/mol. The Morgan fingerprint density at radius 1 is 1.10 bits per heavy atom. The highest BCUT2D eigenvalue weighted by atomic mass is 16.1. The van der Waals surface area contributed by atoms with Crippen LogP contribution in [0.25, 0.3) is 0 Å². The summed E-state index contributed by atoms with van der Waals surface area (Å²) in [6.07, 6.45) is 0. The van der Waals surface area contributed by atoms with Gasteiger partial charge in [-0.1, -0.05) is 29.3 Å². The van der Waals surface area contributed by atoms with E-state index in [1.165, 1.54) is 16.7 Å². The molecule has 0 aliphatic heterocycles. The van der Waals surface area contributed by atoms with Crippen molar-refractivity contribution in [3.8, 4) is 0 Å². The highest BCUT2D eigenvalue weighted by Gasteiger charge is 2.13. The van der Waals surface area contributed by atoms with Crippen LogP contribution < -0.4 is 11.0 Å². The highest BCUT2D eigenvalue weighted by molar-refractivity contribution is 5.30. The molecule has 0 radical (unpaired) electrons. The largest absolute Gasteiger partial charge is 0.348 e. The fraction of sp³-hybridized carbons (Fsp3) is 0.412. The zero-order valence-electron chi connectivity index (χ0n) is 13.4. The lowest BCUT2D eigenvalue weighted by molar-refractivity contribution is 0.476. The van der Waals surface area contributed by atoms with Gasteiger partial charge in [-0.15, -0.1) is 0 Å². The average molecular weight is 285 g/mol. The van der Waals surface area contributed by atoms with Crippen LogP contribution in [0, 0.1) is 27.7 Å². The number of nitrogens with zero attached hydrogens (tertiary/aromatic N) is 2. The number of benzene rings is 1. The van der Waals surface area contributed by atoms with Gasteiger partial charge in [0.2, 0.25) is 0 Å². The summed E-state index contributed by atoms with van der Waals surface area (Å²) in [5.41, 5.74) is 5.19. The van der Waals surface area contributed by atoms with Gasteiger partial charge in [-0.2, -0.15) is 4.98 Å². The third kappa shape index (κ3) is 3.58. The molecule has 0 aliphatic carbocycles. The lowest BCUT2D eigenvalue weighted by atomic mass is 10.0. The molecule has 1 heterocycles. The molecule has 1 unspecified atom stereocenters. The van der Waals surface area contributed by atoms with E-state index in [9.17, 15) is 4.79 Å². The minimum absolute atomic E-state index is 0.0875. The lowest BCUT2D eigenvalue weighted by Crippen LogP contribution is -2.32. The van der Waals surface area contributed by atoms with Crippen molar-refractivity contribution >= 4 is 0 Å². The summed E-state index contributed by atoms with van der Waals surface area (Å²) in [5.74, 6) is 0. The van der Waals surface area contributed by atoms with Gasteiger partial charge in [0, 0.05) is 17.9 Å². The molecule has 112 valence electrons. The first-order chi connectivity index (χ1) is 9.90. The highest BCUT2D eigenvalue weighted by Crippen LogP contribution is 2.18. The van der Waals surface area contributed by atoms with E-state index in [1.807, 2.05) is 27.0 Å². The number of hydrogen-bond acceptors (Lipinski definition) is 3. The molecular weight excluding hydrogens is 262 g/mol. The van der Waals surface area contributed by atoms with Gasteiger partial charge in [0.15, 0.2) is 0 Å². The summed E-state index contributed by atoms with van der Waals surface area (Å²) in [4.78, 5) is 16.1. The van der Waals surface area contributed by atoms with Gasteiger partial charge in [-0.3, -0.25) is 4.57 Å². The molecule has 0 amide bonds. The average Bonchev–Trinajstić information content (AvgIpc) is 2.36. The van der Waals surface area contributed by atoms with Crippen LogP contribution in [-0.4, -0.2) is 16.6 Å². The van der Waals surface area contributed by atoms with E-state index in [2.05, 4.69) is 42.3 Å². The van der Waals surface area contributed by atoms with Gasteiger partial charge >= 0.3 is 5.69 Å². The number of aromatic nitrogens is 2. The van der Waals surface area contributed by atoms with Gasteiger partial charge in [0.25, 0.3) is 0 Å². The quantitative estimate of drug-likeness (QED) is 0.938. The van der Waals surface area contributed by atoms with Gasteiger partial charge < -0.3 is 5.32 Å². The molecule has 0 spiro atoms. The zero-order chi connectivity index (χ0) is 15.6. The number of hydrogen-bond donors (Lipinski definition) is 1. The standard InChI is InChI=1S/C17H23N3O/c1-11-6-12(2)8-15(7-11)16(18-5)10-20-14(4)9-13(3)19-17(20)21/h6-9,16,18H,10H2,1-5H3. The van der Waals surface area contributed by atoms with Gasteiger partial charge in [0.1, 0.15) is 0 Å². The summed E-state index contributed by atoms with van der Waals surface area (Å²) in [6.45, 7) is 8.56. The number of aryl methyl sites for hydroxylation is 4. The molecule has 0 aliphatic rings. The second kappa shape index (κ2) is 6.22. The fourth-order valence-corrected chi connectivity index (χ4v) is 2.75. The number of nitrogens with one attached hydrogen (secondary N) is 1. The first kappa shape index (κ1) is 15.4. The topological polar surface area (TPSA) is 46.9 Å². The maximum atomic E-state index is 12.1. The lowest BCUT2D eigenvalue weighted by Gasteiger charge is -2.20. The molecule has 2 rings (SSSR count). The molecule has 2 aromatic rings. The van der Waals surface area contributed by atoms with Crippen molar-refractivity contribution in [1.82, 2.24) is 14.9 Å². The van der Waals surface area contributed by atoms with Crippen LogP contribution in [0.15, 0.2) is 29.1 Å². The van der Waals surface area contributed by atoms with Crippen LogP contribution in [0.4, 0.5) is 0 Å². The molecule has 4 nitrogen and oxygen atoms in total. The Labute approximate surface area is 125 Å². The second-order valence-electron chi connectivity index (χ2n) is 5.69. The molecule has 1 aromatic carbocycles. The van der Waals surface area contributed by atoms with E-state index in [0.29, 0.717) is 6.54 Å². The zero-order valence-corrected chi connectivity index (χ0v) is 13.4. The minimum atomic E-state index is -0.183. The maximum Gasteiger partial charge on any atom is 0.348 e.